The first-order chi connectivity index (χ1) is 12.7. The van der Waals surface area contributed by atoms with Crippen molar-refractivity contribution in [3.05, 3.63) is 82.6 Å². The van der Waals surface area contributed by atoms with Gasteiger partial charge >= 0.3 is 0 Å². The molecule has 0 amide bonds. The Bertz CT molecular complexity index is 1030. The van der Waals surface area contributed by atoms with Crippen LogP contribution in [0.1, 0.15) is 0 Å². The van der Waals surface area contributed by atoms with Crippen LogP contribution in [0.4, 0.5) is 11.4 Å². The summed E-state index contributed by atoms with van der Waals surface area (Å²) < 4.78 is 0. The third kappa shape index (κ3) is 4.10. The van der Waals surface area contributed by atoms with Crippen molar-refractivity contribution in [1.82, 2.24) is 0 Å². The van der Waals surface area contributed by atoms with Crippen molar-refractivity contribution >= 4 is 32.9 Å². The molecule has 6 nitrogen and oxygen atoms in total. The van der Waals surface area contributed by atoms with Crippen LogP contribution in [-0.2, 0) is 16.8 Å². The van der Waals surface area contributed by atoms with Gasteiger partial charge in [0.25, 0.3) is 0 Å². The number of hydrogen-bond acceptors (Lipinski definition) is 6. The molecule has 2 N–H and O–H groups in total. The van der Waals surface area contributed by atoms with Crippen molar-refractivity contribution in [2.75, 3.05) is 0 Å². The van der Waals surface area contributed by atoms with Gasteiger partial charge in [-0.05, 0) is 33.3 Å². The molecule has 0 unspecified atom stereocenters. The fraction of sp³-hybridized carbons (Fsp3) is 0. The fourth-order valence-corrected chi connectivity index (χ4v) is 2.63. The van der Waals surface area contributed by atoms with Gasteiger partial charge in [-0.3, -0.25) is 0 Å². The standard InChI is InChI=1S/2C10H7NO2.Co/c2*12-10-8-4-2-1-3-7(8)5-6-9(10)11-13;/h2*1-6,12H;. The van der Waals surface area contributed by atoms with Crippen LogP contribution in [0.15, 0.2) is 83.2 Å². The van der Waals surface area contributed by atoms with E-state index in [2.05, 4.69) is 10.4 Å². The molecule has 0 aliphatic carbocycles. The van der Waals surface area contributed by atoms with E-state index >= 15 is 0 Å². The molecule has 4 rings (SSSR count). The van der Waals surface area contributed by atoms with Gasteiger partial charge in [-0.15, -0.1) is 9.81 Å². The van der Waals surface area contributed by atoms with E-state index in [1.807, 2.05) is 24.3 Å². The first-order valence-corrected chi connectivity index (χ1v) is 7.74. The zero-order chi connectivity index (χ0) is 18.5. The molecule has 7 heteroatoms. The Morgan fingerprint density at radius 1 is 0.556 bits per heavy atom. The molecule has 0 saturated carbocycles. The average molecular weight is 405 g/mol. The molecule has 0 saturated heterocycles. The average Bonchev–Trinajstić information content (AvgIpc) is 2.70. The maximum atomic E-state index is 10.3. The summed E-state index contributed by atoms with van der Waals surface area (Å²) in [6, 6.07) is 21.1. The third-order valence-electron chi connectivity index (χ3n) is 3.96. The molecule has 27 heavy (non-hydrogen) atoms. The summed E-state index contributed by atoms with van der Waals surface area (Å²) in [4.78, 5) is 20.5. The second-order valence-electron chi connectivity index (χ2n) is 5.49. The monoisotopic (exact) mass is 405 g/mol. The van der Waals surface area contributed by atoms with E-state index in [1.165, 1.54) is 12.1 Å². The van der Waals surface area contributed by atoms with Gasteiger partial charge in [0.1, 0.15) is 11.4 Å². The minimum Gasteiger partial charge on any atom is -0.505 e. The molecular formula is C20H14CoN2O4. The van der Waals surface area contributed by atoms with E-state index < -0.39 is 0 Å². The molecule has 4 aromatic rings. The molecule has 0 spiro atoms. The van der Waals surface area contributed by atoms with E-state index in [4.69, 9.17) is 0 Å². The number of aromatic hydroxyl groups is 2. The van der Waals surface area contributed by atoms with Crippen molar-refractivity contribution in [2.24, 2.45) is 10.4 Å². The van der Waals surface area contributed by atoms with E-state index in [-0.39, 0.29) is 39.7 Å². The maximum absolute atomic E-state index is 10.3. The van der Waals surface area contributed by atoms with Gasteiger partial charge in [0, 0.05) is 27.6 Å². The fourth-order valence-electron chi connectivity index (χ4n) is 2.63. The van der Waals surface area contributed by atoms with Crippen LogP contribution in [0.5, 0.6) is 11.5 Å². The summed E-state index contributed by atoms with van der Waals surface area (Å²) in [5.74, 6) is -0.0961. The van der Waals surface area contributed by atoms with E-state index in [9.17, 15) is 20.0 Å². The van der Waals surface area contributed by atoms with Gasteiger partial charge in [-0.2, -0.15) is 0 Å². The number of nitroso groups, excluding NO2 is 2. The third-order valence-corrected chi connectivity index (χ3v) is 3.96. The van der Waals surface area contributed by atoms with E-state index in [1.54, 1.807) is 36.4 Å². The number of hydrogen-bond donors (Lipinski definition) is 2. The van der Waals surface area contributed by atoms with Crippen LogP contribution in [0, 0.1) is 9.81 Å². The van der Waals surface area contributed by atoms with Crippen molar-refractivity contribution < 1.29 is 27.0 Å². The van der Waals surface area contributed by atoms with Crippen LogP contribution >= 0.6 is 0 Å². The quantitative estimate of drug-likeness (QED) is 0.407. The Morgan fingerprint density at radius 3 is 1.30 bits per heavy atom. The molecule has 0 bridgehead atoms. The van der Waals surface area contributed by atoms with Gasteiger partial charge in [0.05, 0.1) is 0 Å². The number of benzene rings is 4. The molecule has 0 aromatic heterocycles. The zero-order valence-corrected chi connectivity index (χ0v) is 14.9. The number of rotatable bonds is 2. The summed E-state index contributed by atoms with van der Waals surface area (Å²) >= 11 is 0. The summed E-state index contributed by atoms with van der Waals surface area (Å²) in [6.07, 6.45) is 0. The van der Waals surface area contributed by atoms with Crippen LogP contribution in [-0.4, -0.2) is 10.2 Å². The Hall–Kier alpha value is -3.29. The van der Waals surface area contributed by atoms with E-state index in [0.717, 1.165) is 10.8 Å². The largest absolute Gasteiger partial charge is 0.505 e. The number of phenols is 2. The number of fused-ring (bicyclic) bond motifs is 2. The van der Waals surface area contributed by atoms with Crippen LogP contribution in [0.2, 0.25) is 0 Å². The maximum Gasteiger partial charge on any atom is 0.152 e. The van der Waals surface area contributed by atoms with Crippen molar-refractivity contribution in [2.45, 2.75) is 0 Å². The topological polar surface area (TPSA) is 99.3 Å². The van der Waals surface area contributed by atoms with Crippen LogP contribution in [0.3, 0.4) is 0 Å². The van der Waals surface area contributed by atoms with Gasteiger partial charge in [0.15, 0.2) is 11.5 Å². The first kappa shape index (κ1) is 20.0. The molecular weight excluding hydrogens is 391 g/mol. The minimum atomic E-state index is -0.0481. The Kier molecular flexibility index (Phi) is 6.59. The van der Waals surface area contributed by atoms with Crippen LogP contribution in [0.25, 0.3) is 21.5 Å². The molecule has 1 radical (unpaired) electrons. The van der Waals surface area contributed by atoms with Gasteiger partial charge in [0.2, 0.25) is 0 Å². The van der Waals surface area contributed by atoms with Crippen molar-refractivity contribution in [3.63, 3.8) is 0 Å². The second-order valence-corrected chi connectivity index (χ2v) is 5.49. The first-order valence-electron chi connectivity index (χ1n) is 7.74. The molecule has 137 valence electrons. The Labute approximate surface area is 164 Å². The molecule has 0 fully saturated rings. The summed E-state index contributed by atoms with van der Waals surface area (Å²) in [6.45, 7) is 0. The van der Waals surface area contributed by atoms with Crippen LogP contribution < -0.4 is 0 Å². The summed E-state index contributed by atoms with van der Waals surface area (Å²) in [5.41, 5.74) is 0.164. The molecule has 0 aliphatic rings. The zero-order valence-electron chi connectivity index (χ0n) is 13.9. The predicted molar refractivity (Wildman–Crippen MR) is 102 cm³/mol. The minimum absolute atomic E-state index is 0. The van der Waals surface area contributed by atoms with Gasteiger partial charge in [-0.1, -0.05) is 60.7 Å². The molecule has 0 atom stereocenters. The smallest absolute Gasteiger partial charge is 0.152 e. The molecule has 0 aliphatic heterocycles. The second kappa shape index (κ2) is 8.88. The summed E-state index contributed by atoms with van der Waals surface area (Å²) in [7, 11) is 0. The SMILES string of the molecule is O=Nc1ccc2ccccc2c1O.O=Nc1ccc2ccccc2c1O.[Co]. The molecule has 0 heterocycles. The normalized spacial score (nSPS) is 9.78. The Morgan fingerprint density at radius 2 is 0.926 bits per heavy atom. The van der Waals surface area contributed by atoms with Crippen molar-refractivity contribution in [3.8, 4) is 11.5 Å². The van der Waals surface area contributed by atoms with Crippen molar-refractivity contribution in [1.29, 1.82) is 0 Å². The number of phenolic OH excluding ortho intramolecular Hbond substituents is 2. The predicted octanol–water partition coefficient (Wildman–Crippen LogP) is 5.88. The number of nitrogens with zero attached hydrogens (tertiary/aromatic N) is 2. The Balaban J connectivity index is 0.000000187. The van der Waals surface area contributed by atoms with Gasteiger partial charge in [-0.25, -0.2) is 0 Å². The van der Waals surface area contributed by atoms with E-state index in [0.29, 0.717) is 10.8 Å². The molecule has 4 aromatic carbocycles. The van der Waals surface area contributed by atoms with Gasteiger partial charge < -0.3 is 10.2 Å². The summed E-state index contributed by atoms with van der Waals surface area (Å²) in [5, 5.41) is 27.6.